The molecule has 2 aromatic carbocycles. The van der Waals surface area contributed by atoms with Crippen LogP contribution in [0.2, 0.25) is 0 Å². The lowest BCUT2D eigenvalue weighted by Crippen LogP contribution is -2.21. The summed E-state index contributed by atoms with van der Waals surface area (Å²) in [5.74, 6) is -0.964. The second-order valence-corrected chi connectivity index (χ2v) is 7.01. The van der Waals surface area contributed by atoms with Crippen molar-refractivity contribution in [2.45, 2.75) is 19.3 Å². The van der Waals surface area contributed by atoms with Crippen molar-refractivity contribution in [3.8, 4) is 11.3 Å². The predicted molar refractivity (Wildman–Crippen MR) is 96.0 cm³/mol. The molecule has 0 spiro atoms. The van der Waals surface area contributed by atoms with Crippen LogP contribution in [0.3, 0.4) is 0 Å². The molecule has 1 aliphatic rings. The van der Waals surface area contributed by atoms with E-state index in [-0.39, 0.29) is 5.56 Å². The van der Waals surface area contributed by atoms with E-state index in [1.165, 1.54) is 6.20 Å². The monoisotopic (exact) mass is 329 g/mol. The molecule has 1 aliphatic carbocycles. The average Bonchev–Trinajstić information content (AvgIpc) is 2.95. The fourth-order valence-corrected chi connectivity index (χ4v) is 4.00. The summed E-state index contributed by atoms with van der Waals surface area (Å²) >= 11 is 0. The number of hydrogen-bond donors (Lipinski definition) is 1. The predicted octanol–water partition coefficient (Wildman–Crippen LogP) is 4.99. The van der Waals surface area contributed by atoms with Crippen LogP contribution in [0.1, 0.15) is 35.3 Å². The largest absolute Gasteiger partial charge is 0.478 e. The van der Waals surface area contributed by atoms with E-state index in [0.29, 0.717) is 0 Å². The topological polar surface area (TPSA) is 63.3 Å². The molecule has 0 aliphatic heterocycles. The van der Waals surface area contributed by atoms with Crippen LogP contribution in [-0.2, 0) is 5.41 Å². The van der Waals surface area contributed by atoms with Gasteiger partial charge in [-0.15, -0.1) is 0 Å². The van der Waals surface area contributed by atoms with Crippen LogP contribution in [0.4, 0.5) is 0 Å². The first-order valence-corrected chi connectivity index (χ1v) is 8.17. The van der Waals surface area contributed by atoms with Gasteiger partial charge in [-0.3, -0.25) is 4.98 Å². The number of benzene rings is 2. The zero-order valence-corrected chi connectivity index (χ0v) is 13.8. The quantitative estimate of drug-likeness (QED) is 0.534. The van der Waals surface area contributed by atoms with E-state index in [2.05, 4.69) is 24.9 Å². The van der Waals surface area contributed by atoms with E-state index in [9.17, 15) is 9.90 Å². The van der Waals surface area contributed by atoms with Crippen molar-refractivity contribution in [3.05, 3.63) is 65.4 Å². The number of rotatable bonds is 1. The molecule has 2 heterocycles. The van der Waals surface area contributed by atoms with E-state index < -0.39 is 11.4 Å². The first-order valence-electron chi connectivity index (χ1n) is 8.17. The third-order valence-corrected chi connectivity index (χ3v) is 5.26. The molecule has 4 aromatic rings. The molecule has 0 atom stereocenters. The molecule has 0 fully saturated rings. The normalized spacial score (nSPS) is 14.6. The number of fused-ring (bicyclic) bond motifs is 2. The minimum Gasteiger partial charge on any atom is -0.478 e. The molecule has 0 radical (unpaired) electrons. The van der Waals surface area contributed by atoms with Crippen molar-refractivity contribution in [2.24, 2.45) is 0 Å². The van der Waals surface area contributed by atoms with Crippen LogP contribution >= 0.6 is 0 Å². The minimum absolute atomic E-state index is 0.206. The molecule has 0 unspecified atom stereocenters. The summed E-state index contributed by atoms with van der Waals surface area (Å²) in [5, 5.41) is 11.6. The molecule has 0 bridgehead atoms. The second kappa shape index (κ2) is 4.48. The number of hydrogen-bond acceptors (Lipinski definition) is 3. The molecule has 1 N–H and O–H groups in total. The first-order chi connectivity index (χ1) is 12.0. The summed E-state index contributed by atoms with van der Waals surface area (Å²) in [6.07, 6.45) is 1.43. The molecule has 25 heavy (non-hydrogen) atoms. The summed E-state index contributed by atoms with van der Waals surface area (Å²) in [7, 11) is 0. The van der Waals surface area contributed by atoms with Crippen LogP contribution < -0.4 is 0 Å². The fourth-order valence-electron chi connectivity index (χ4n) is 4.00. The second-order valence-electron chi connectivity index (χ2n) is 7.01. The molecular formula is C21H15NO3. The lowest BCUT2D eigenvalue weighted by atomic mass is 9.76. The van der Waals surface area contributed by atoms with Crippen LogP contribution in [0.5, 0.6) is 0 Å². The number of pyridine rings is 1. The van der Waals surface area contributed by atoms with Gasteiger partial charge in [0.2, 0.25) is 0 Å². The highest BCUT2D eigenvalue weighted by Gasteiger charge is 2.34. The molecule has 2 aromatic heterocycles. The Morgan fingerprint density at radius 2 is 1.76 bits per heavy atom. The number of nitrogens with zero attached hydrogens (tertiary/aromatic N) is 1. The number of aromatic nitrogens is 1. The highest BCUT2D eigenvalue weighted by molar-refractivity contribution is 6.15. The average molecular weight is 329 g/mol. The van der Waals surface area contributed by atoms with E-state index in [4.69, 9.17) is 4.42 Å². The van der Waals surface area contributed by atoms with Crippen molar-refractivity contribution in [3.63, 3.8) is 0 Å². The summed E-state index contributed by atoms with van der Waals surface area (Å²) in [6, 6.07) is 13.8. The van der Waals surface area contributed by atoms with Gasteiger partial charge in [-0.25, -0.2) is 4.79 Å². The van der Waals surface area contributed by atoms with Gasteiger partial charge in [0.25, 0.3) is 0 Å². The molecule has 4 nitrogen and oxygen atoms in total. The molecule has 0 saturated carbocycles. The van der Waals surface area contributed by atoms with E-state index in [1.54, 1.807) is 6.07 Å². The van der Waals surface area contributed by atoms with Crippen LogP contribution in [0, 0.1) is 0 Å². The number of carbonyl (C=O) groups is 1. The van der Waals surface area contributed by atoms with Gasteiger partial charge < -0.3 is 9.52 Å². The Bertz CT molecular complexity index is 1200. The Morgan fingerprint density at radius 1 is 1.04 bits per heavy atom. The standard InChI is InChI=1S/C21H15NO3/c1-21(2)13-6-4-8-16-18(13)17-12(5-3-7-15(17)25-16)19-14(21)9-11(10-22-19)20(23)24/h3-10H,1-2H3,(H,23,24). The Kier molecular flexibility index (Phi) is 2.55. The third-order valence-electron chi connectivity index (χ3n) is 5.26. The number of carboxylic acid groups (broad SMARTS) is 1. The smallest absolute Gasteiger partial charge is 0.337 e. The first kappa shape index (κ1) is 14.2. The fraction of sp³-hybridized carbons (Fsp3) is 0.143. The SMILES string of the molecule is CC1(C)c2cc(C(=O)O)cnc2-c2cccc3oc4cccc1c4c23. The summed E-state index contributed by atoms with van der Waals surface area (Å²) < 4.78 is 6.06. The summed E-state index contributed by atoms with van der Waals surface area (Å²) in [6.45, 7) is 4.22. The van der Waals surface area contributed by atoms with Gasteiger partial charge in [-0.05, 0) is 29.3 Å². The maximum absolute atomic E-state index is 11.5. The highest BCUT2D eigenvalue weighted by Crippen LogP contribution is 2.48. The molecule has 0 saturated heterocycles. The molecule has 4 heteroatoms. The zero-order chi connectivity index (χ0) is 17.3. The van der Waals surface area contributed by atoms with Gasteiger partial charge in [-0.1, -0.05) is 38.1 Å². The van der Waals surface area contributed by atoms with Gasteiger partial charge in [-0.2, -0.15) is 0 Å². The van der Waals surface area contributed by atoms with Gasteiger partial charge in [0.1, 0.15) is 11.2 Å². The highest BCUT2D eigenvalue weighted by atomic mass is 16.4. The third kappa shape index (κ3) is 1.71. The number of carboxylic acids is 1. The molecular weight excluding hydrogens is 314 g/mol. The number of aromatic carboxylic acids is 1. The van der Waals surface area contributed by atoms with Crippen LogP contribution in [0.25, 0.3) is 33.2 Å². The van der Waals surface area contributed by atoms with Gasteiger partial charge >= 0.3 is 5.97 Å². The maximum Gasteiger partial charge on any atom is 0.337 e. The molecule has 122 valence electrons. The van der Waals surface area contributed by atoms with E-state index in [0.717, 1.165) is 44.3 Å². The van der Waals surface area contributed by atoms with Crippen LogP contribution in [-0.4, -0.2) is 16.1 Å². The zero-order valence-electron chi connectivity index (χ0n) is 13.8. The van der Waals surface area contributed by atoms with Crippen molar-refractivity contribution in [1.29, 1.82) is 0 Å². The van der Waals surface area contributed by atoms with Crippen molar-refractivity contribution in [1.82, 2.24) is 4.98 Å². The van der Waals surface area contributed by atoms with Gasteiger partial charge in [0.15, 0.2) is 0 Å². The lowest BCUT2D eigenvalue weighted by Gasteiger charge is -2.27. The molecule has 5 rings (SSSR count). The summed E-state index contributed by atoms with van der Waals surface area (Å²) in [5.41, 5.74) is 5.33. The Morgan fingerprint density at radius 3 is 2.52 bits per heavy atom. The Labute approximate surface area is 143 Å². The van der Waals surface area contributed by atoms with Crippen molar-refractivity contribution in [2.75, 3.05) is 0 Å². The van der Waals surface area contributed by atoms with Crippen molar-refractivity contribution >= 4 is 27.9 Å². The minimum atomic E-state index is -0.964. The van der Waals surface area contributed by atoms with E-state index >= 15 is 0 Å². The molecule has 0 amide bonds. The summed E-state index contributed by atoms with van der Waals surface area (Å²) in [4.78, 5) is 16.0. The Balaban J connectivity index is 2.05. The van der Waals surface area contributed by atoms with E-state index in [1.807, 2.05) is 30.3 Å². The maximum atomic E-state index is 11.5. The number of furan rings is 1. The Hall–Kier alpha value is -3.14. The lowest BCUT2D eigenvalue weighted by molar-refractivity contribution is 0.0696. The van der Waals surface area contributed by atoms with Gasteiger partial charge in [0, 0.05) is 27.9 Å². The van der Waals surface area contributed by atoms with Crippen LogP contribution in [0.15, 0.2) is 53.1 Å². The van der Waals surface area contributed by atoms with Crippen molar-refractivity contribution < 1.29 is 14.3 Å². The van der Waals surface area contributed by atoms with Gasteiger partial charge in [0.05, 0.1) is 11.3 Å².